The number of amides is 2. The molecule has 1 unspecified atom stereocenters. The van der Waals surface area contributed by atoms with Crippen LogP contribution in [0.5, 0.6) is 0 Å². The predicted molar refractivity (Wildman–Crippen MR) is 71.1 cm³/mol. The second-order valence-electron chi connectivity index (χ2n) is 4.76. The van der Waals surface area contributed by atoms with E-state index in [1.807, 2.05) is 6.92 Å². The largest absolute Gasteiger partial charge is 0.481 e. The average Bonchev–Trinajstić information content (AvgIpc) is 2.87. The maximum Gasteiger partial charge on any atom is 0.317 e. The van der Waals surface area contributed by atoms with Gasteiger partial charge in [-0.25, -0.2) is 4.79 Å². The number of nitrogens with zero attached hydrogens (tertiary/aromatic N) is 1. The van der Waals surface area contributed by atoms with E-state index in [1.165, 1.54) is 0 Å². The third kappa shape index (κ3) is 6.42. The fourth-order valence-electron chi connectivity index (χ4n) is 2.10. The summed E-state index contributed by atoms with van der Waals surface area (Å²) in [7, 11) is 0. The summed E-state index contributed by atoms with van der Waals surface area (Å²) < 4.78 is 5.52. The van der Waals surface area contributed by atoms with Crippen LogP contribution in [0.1, 0.15) is 39.0 Å². The maximum atomic E-state index is 11.9. The third-order valence-corrected chi connectivity index (χ3v) is 3.21. The number of hydrogen-bond acceptors (Lipinski definition) is 3. The molecule has 0 aromatic rings. The molecule has 0 aromatic heterocycles. The van der Waals surface area contributed by atoms with Gasteiger partial charge < -0.3 is 20.1 Å². The number of carboxylic acid groups (broad SMARTS) is 1. The highest BCUT2D eigenvalue weighted by Crippen LogP contribution is 2.13. The van der Waals surface area contributed by atoms with Crippen LogP contribution >= 0.6 is 0 Å². The van der Waals surface area contributed by atoms with Gasteiger partial charge in [0.05, 0.1) is 6.10 Å². The van der Waals surface area contributed by atoms with Crippen molar-refractivity contribution in [3.8, 4) is 0 Å². The Morgan fingerprint density at radius 3 is 2.79 bits per heavy atom. The molecule has 1 rings (SSSR count). The first-order chi connectivity index (χ1) is 9.13. The molecular formula is C13H24N2O4. The van der Waals surface area contributed by atoms with Crippen molar-refractivity contribution < 1.29 is 19.4 Å². The Kier molecular flexibility index (Phi) is 7.25. The molecule has 0 bridgehead atoms. The topological polar surface area (TPSA) is 78.9 Å². The lowest BCUT2D eigenvalue weighted by Gasteiger charge is -2.24. The van der Waals surface area contributed by atoms with Gasteiger partial charge in [0.25, 0.3) is 0 Å². The van der Waals surface area contributed by atoms with Crippen molar-refractivity contribution in [1.82, 2.24) is 10.2 Å². The van der Waals surface area contributed by atoms with Gasteiger partial charge in [0.2, 0.25) is 0 Å². The summed E-state index contributed by atoms with van der Waals surface area (Å²) in [5, 5.41) is 11.3. The van der Waals surface area contributed by atoms with Gasteiger partial charge in [-0.15, -0.1) is 0 Å². The van der Waals surface area contributed by atoms with E-state index in [0.29, 0.717) is 32.5 Å². The summed E-state index contributed by atoms with van der Waals surface area (Å²) in [5.41, 5.74) is 0. The van der Waals surface area contributed by atoms with E-state index in [0.717, 1.165) is 19.4 Å². The molecule has 1 fully saturated rings. The van der Waals surface area contributed by atoms with Crippen LogP contribution in [-0.2, 0) is 9.53 Å². The molecule has 110 valence electrons. The summed E-state index contributed by atoms with van der Waals surface area (Å²) in [4.78, 5) is 24.0. The molecule has 1 aliphatic rings. The van der Waals surface area contributed by atoms with E-state index in [9.17, 15) is 9.59 Å². The van der Waals surface area contributed by atoms with Gasteiger partial charge in [-0.2, -0.15) is 0 Å². The van der Waals surface area contributed by atoms with Gasteiger partial charge in [-0.3, -0.25) is 4.79 Å². The van der Waals surface area contributed by atoms with Crippen molar-refractivity contribution in [2.45, 2.75) is 45.1 Å². The van der Waals surface area contributed by atoms with Gasteiger partial charge in [0.1, 0.15) is 0 Å². The summed E-state index contributed by atoms with van der Waals surface area (Å²) in [6.45, 7) is 4.55. The number of rotatable bonds is 8. The first kappa shape index (κ1) is 15.8. The maximum absolute atomic E-state index is 11.9. The van der Waals surface area contributed by atoms with E-state index in [4.69, 9.17) is 9.84 Å². The summed E-state index contributed by atoms with van der Waals surface area (Å²) in [6, 6.07) is -0.0895. The molecule has 19 heavy (non-hydrogen) atoms. The van der Waals surface area contributed by atoms with E-state index < -0.39 is 5.97 Å². The quantitative estimate of drug-likeness (QED) is 0.655. The minimum atomic E-state index is -0.792. The van der Waals surface area contributed by atoms with Crippen LogP contribution in [-0.4, -0.2) is 54.4 Å². The van der Waals surface area contributed by atoms with Crippen LogP contribution in [0.25, 0.3) is 0 Å². The zero-order valence-electron chi connectivity index (χ0n) is 11.6. The molecule has 0 aromatic carbocycles. The molecule has 2 N–H and O–H groups in total. The smallest absolute Gasteiger partial charge is 0.317 e. The second-order valence-corrected chi connectivity index (χ2v) is 4.76. The molecule has 0 spiro atoms. The third-order valence-electron chi connectivity index (χ3n) is 3.21. The van der Waals surface area contributed by atoms with Crippen LogP contribution in [0.4, 0.5) is 4.79 Å². The summed E-state index contributed by atoms with van der Waals surface area (Å²) in [6.07, 6.45) is 3.69. The molecule has 1 heterocycles. The number of carboxylic acids is 1. The number of urea groups is 1. The minimum Gasteiger partial charge on any atom is -0.481 e. The lowest BCUT2D eigenvalue weighted by molar-refractivity contribution is -0.137. The Bertz CT molecular complexity index is 290. The number of hydrogen-bond donors (Lipinski definition) is 2. The van der Waals surface area contributed by atoms with Gasteiger partial charge in [0, 0.05) is 32.7 Å². The molecule has 6 heteroatoms. The Balaban J connectivity index is 2.15. The average molecular weight is 272 g/mol. The molecule has 2 amide bonds. The number of carbonyl (C=O) groups is 2. The molecule has 0 saturated carbocycles. The van der Waals surface area contributed by atoms with Crippen molar-refractivity contribution in [3.05, 3.63) is 0 Å². The van der Waals surface area contributed by atoms with E-state index in [-0.39, 0.29) is 18.6 Å². The highest BCUT2D eigenvalue weighted by Gasteiger charge is 2.21. The monoisotopic (exact) mass is 272 g/mol. The van der Waals surface area contributed by atoms with Crippen LogP contribution in [0.3, 0.4) is 0 Å². The molecule has 6 nitrogen and oxygen atoms in total. The predicted octanol–water partition coefficient (Wildman–Crippen LogP) is 1.45. The summed E-state index contributed by atoms with van der Waals surface area (Å²) >= 11 is 0. The number of likely N-dealkylation sites (N-methyl/N-ethyl adjacent to an activating group) is 1. The highest BCUT2D eigenvalue weighted by molar-refractivity contribution is 5.74. The zero-order chi connectivity index (χ0) is 14.1. The summed E-state index contributed by atoms with van der Waals surface area (Å²) in [5.74, 6) is -0.792. The normalized spacial score (nSPS) is 18.3. The number of ether oxygens (including phenoxy) is 1. The van der Waals surface area contributed by atoms with Gasteiger partial charge >= 0.3 is 12.0 Å². The molecule has 1 saturated heterocycles. The molecule has 1 aliphatic heterocycles. The fourth-order valence-corrected chi connectivity index (χ4v) is 2.10. The Hall–Kier alpha value is -1.30. The Morgan fingerprint density at radius 1 is 1.42 bits per heavy atom. The first-order valence-electron chi connectivity index (χ1n) is 6.99. The van der Waals surface area contributed by atoms with Crippen LogP contribution < -0.4 is 5.32 Å². The lowest BCUT2D eigenvalue weighted by Crippen LogP contribution is -2.43. The number of unbranched alkanes of at least 4 members (excludes halogenated alkanes) is 1. The van der Waals surface area contributed by atoms with Crippen molar-refractivity contribution in [3.63, 3.8) is 0 Å². The van der Waals surface area contributed by atoms with Crippen LogP contribution in [0, 0.1) is 0 Å². The number of nitrogens with one attached hydrogen (secondary N) is 1. The first-order valence-corrected chi connectivity index (χ1v) is 6.99. The van der Waals surface area contributed by atoms with E-state index in [2.05, 4.69) is 5.32 Å². The van der Waals surface area contributed by atoms with Gasteiger partial charge in [-0.05, 0) is 32.6 Å². The molecule has 0 radical (unpaired) electrons. The van der Waals surface area contributed by atoms with E-state index >= 15 is 0 Å². The Labute approximate surface area is 114 Å². The number of aliphatic carboxylic acids is 1. The molecule has 0 aliphatic carbocycles. The Morgan fingerprint density at radius 2 is 2.21 bits per heavy atom. The van der Waals surface area contributed by atoms with Crippen molar-refractivity contribution >= 4 is 12.0 Å². The van der Waals surface area contributed by atoms with Crippen molar-refractivity contribution in [1.29, 1.82) is 0 Å². The standard InChI is InChI=1S/C13H24N2O4/c1-2-15(10-11-6-5-9-19-11)13(18)14-8-4-3-7-12(16)17/h11H,2-10H2,1H3,(H,14,18)(H,16,17). The van der Waals surface area contributed by atoms with Crippen LogP contribution in [0.2, 0.25) is 0 Å². The zero-order valence-corrected chi connectivity index (χ0v) is 11.6. The lowest BCUT2D eigenvalue weighted by atomic mass is 10.2. The number of carbonyl (C=O) groups excluding carboxylic acids is 1. The minimum absolute atomic E-state index is 0.0895. The van der Waals surface area contributed by atoms with E-state index in [1.54, 1.807) is 4.90 Å². The molecule has 1 atom stereocenters. The van der Waals surface area contributed by atoms with Crippen molar-refractivity contribution in [2.75, 3.05) is 26.2 Å². The van der Waals surface area contributed by atoms with Gasteiger partial charge in [-0.1, -0.05) is 0 Å². The fraction of sp³-hybridized carbons (Fsp3) is 0.846. The second kappa shape index (κ2) is 8.74. The highest BCUT2D eigenvalue weighted by atomic mass is 16.5. The van der Waals surface area contributed by atoms with Crippen LogP contribution in [0.15, 0.2) is 0 Å². The van der Waals surface area contributed by atoms with Gasteiger partial charge in [0.15, 0.2) is 0 Å². The molecular weight excluding hydrogens is 248 g/mol. The van der Waals surface area contributed by atoms with Crippen molar-refractivity contribution in [2.24, 2.45) is 0 Å². The SMILES string of the molecule is CCN(CC1CCCO1)C(=O)NCCCCC(=O)O.